The number of unbranched alkanes of at least 4 members (excludes halogenated alkanes) is 1. The molecule has 3 N–H and O–H groups in total. The monoisotopic (exact) mass is 246 g/mol. The van der Waals surface area contributed by atoms with Crippen LogP contribution in [0.4, 0.5) is 0 Å². The summed E-state index contributed by atoms with van der Waals surface area (Å²) in [4.78, 5) is 11.4. The van der Waals surface area contributed by atoms with Gasteiger partial charge in [0.2, 0.25) is 5.91 Å². The Hall–Kier alpha value is -0.220. The molecule has 2 atom stereocenters. The molecular formula is C12H26N2OS. The van der Waals surface area contributed by atoms with Crippen LogP contribution in [0.3, 0.4) is 0 Å². The van der Waals surface area contributed by atoms with Gasteiger partial charge in [-0.15, -0.1) is 0 Å². The Morgan fingerprint density at radius 1 is 1.50 bits per heavy atom. The summed E-state index contributed by atoms with van der Waals surface area (Å²) in [6.45, 7) is 9.02. The zero-order valence-electron chi connectivity index (χ0n) is 11.0. The lowest BCUT2D eigenvalue weighted by atomic mass is 9.95. The number of rotatable bonds is 9. The number of carbonyl (C=O) groups excluding carboxylic acids is 1. The van der Waals surface area contributed by atoms with E-state index in [1.54, 1.807) is 0 Å². The Labute approximate surface area is 104 Å². The third-order valence-electron chi connectivity index (χ3n) is 2.71. The molecule has 0 bridgehead atoms. The first-order valence-corrected chi connectivity index (χ1v) is 7.17. The molecule has 4 heteroatoms. The number of amides is 1. The van der Waals surface area contributed by atoms with Crippen LogP contribution in [0.1, 0.15) is 47.0 Å². The van der Waals surface area contributed by atoms with Crippen molar-refractivity contribution in [3.63, 3.8) is 0 Å². The van der Waals surface area contributed by atoms with Crippen LogP contribution in [0.15, 0.2) is 0 Å². The second-order valence-corrected chi connectivity index (χ2v) is 6.01. The van der Waals surface area contributed by atoms with Gasteiger partial charge >= 0.3 is 0 Å². The molecule has 0 aliphatic rings. The van der Waals surface area contributed by atoms with E-state index in [2.05, 4.69) is 19.2 Å². The first-order chi connectivity index (χ1) is 7.46. The Kier molecular flexibility index (Phi) is 7.85. The normalized spacial score (nSPS) is 16.8. The minimum atomic E-state index is -0.562. The van der Waals surface area contributed by atoms with Crippen molar-refractivity contribution in [2.24, 2.45) is 5.73 Å². The lowest BCUT2D eigenvalue weighted by Crippen LogP contribution is -2.54. The van der Waals surface area contributed by atoms with Crippen molar-refractivity contribution in [2.45, 2.75) is 57.7 Å². The van der Waals surface area contributed by atoms with Gasteiger partial charge < -0.3 is 11.1 Å². The third kappa shape index (κ3) is 5.75. The highest BCUT2D eigenvalue weighted by Crippen LogP contribution is 2.22. The van der Waals surface area contributed by atoms with Gasteiger partial charge in [-0.2, -0.15) is 11.8 Å². The molecule has 0 aliphatic heterocycles. The largest absolute Gasteiger partial charge is 0.368 e. The summed E-state index contributed by atoms with van der Waals surface area (Å²) in [5.74, 6) is 0.913. The molecule has 1 amide bonds. The van der Waals surface area contributed by atoms with Crippen molar-refractivity contribution in [1.82, 2.24) is 5.32 Å². The summed E-state index contributed by atoms with van der Waals surface area (Å²) in [7, 11) is 0. The van der Waals surface area contributed by atoms with Crippen molar-refractivity contribution >= 4 is 17.7 Å². The number of nitrogens with two attached hydrogens (primary N) is 1. The van der Waals surface area contributed by atoms with Crippen LogP contribution in [-0.2, 0) is 4.79 Å². The molecule has 3 nitrogen and oxygen atoms in total. The topological polar surface area (TPSA) is 55.1 Å². The van der Waals surface area contributed by atoms with E-state index in [0.717, 1.165) is 13.0 Å². The molecular weight excluding hydrogens is 220 g/mol. The van der Waals surface area contributed by atoms with Crippen molar-refractivity contribution in [1.29, 1.82) is 0 Å². The molecule has 0 aromatic rings. The highest BCUT2D eigenvalue weighted by atomic mass is 32.2. The van der Waals surface area contributed by atoms with Crippen LogP contribution in [0.5, 0.6) is 0 Å². The minimum absolute atomic E-state index is 0.253. The van der Waals surface area contributed by atoms with E-state index in [1.165, 1.54) is 18.6 Å². The summed E-state index contributed by atoms with van der Waals surface area (Å²) in [5.41, 5.74) is 4.89. The quantitative estimate of drug-likeness (QED) is 0.613. The molecule has 2 unspecified atom stereocenters. The van der Waals surface area contributed by atoms with Crippen LogP contribution in [0, 0.1) is 0 Å². The third-order valence-corrected chi connectivity index (χ3v) is 3.97. The molecule has 0 aromatic carbocycles. The predicted molar refractivity (Wildman–Crippen MR) is 72.7 cm³/mol. The fourth-order valence-corrected chi connectivity index (χ4v) is 3.02. The Morgan fingerprint density at radius 3 is 2.56 bits per heavy atom. The lowest BCUT2D eigenvalue weighted by molar-refractivity contribution is -0.124. The highest BCUT2D eigenvalue weighted by Gasteiger charge is 2.31. The maximum Gasteiger partial charge on any atom is 0.237 e. The fraction of sp³-hybridized carbons (Fsp3) is 0.917. The number of thioether (sulfide) groups is 1. The second-order valence-electron chi connectivity index (χ2n) is 4.47. The number of primary amides is 1. The molecule has 0 fully saturated rings. The number of likely N-dealkylation sites (N-methyl/N-ethyl adjacent to an activating group) is 1. The Morgan fingerprint density at radius 2 is 2.12 bits per heavy atom. The van der Waals surface area contributed by atoms with Crippen LogP contribution < -0.4 is 11.1 Å². The summed E-state index contributed by atoms with van der Waals surface area (Å²) in [6, 6.07) is 0. The van der Waals surface area contributed by atoms with E-state index >= 15 is 0 Å². The van der Waals surface area contributed by atoms with Gasteiger partial charge in [0.05, 0.1) is 5.54 Å². The maximum atomic E-state index is 11.4. The van der Waals surface area contributed by atoms with E-state index < -0.39 is 5.54 Å². The zero-order chi connectivity index (χ0) is 12.6. The van der Waals surface area contributed by atoms with Crippen molar-refractivity contribution < 1.29 is 4.79 Å². The second kappa shape index (κ2) is 7.96. The van der Waals surface area contributed by atoms with E-state index in [-0.39, 0.29) is 5.91 Å². The highest BCUT2D eigenvalue weighted by molar-refractivity contribution is 7.99. The Balaban J connectivity index is 4.13. The SMILES string of the molecule is CCCCSC(C)CC(C)(NCC)C(N)=O. The minimum Gasteiger partial charge on any atom is -0.368 e. The molecule has 16 heavy (non-hydrogen) atoms. The average Bonchev–Trinajstić information content (AvgIpc) is 2.18. The van der Waals surface area contributed by atoms with Crippen molar-refractivity contribution in [3.05, 3.63) is 0 Å². The van der Waals surface area contributed by atoms with Gasteiger partial charge in [0.1, 0.15) is 0 Å². The molecule has 0 radical (unpaired) electrons. The number of hydrogen-bond acceptors (Lipinski definition) is 3. The molecule has 0 rings (SSSR count). The standard InChI is InChI=1S/C12H26N2OS/c1-5-7-8-16-10(3)9-12(4,11(13)15)14-6-2/h10,14H,5-9H2,1-4H3,(H2,13,15). The van der Waals surface area contributed by atoms with E-state index in [0.29, 0.717) is 5.25 Å². The van der Waals surface area contributed by atoms with Gasteiger partial charge in [0, 0.05) is 5.25 Å². The fourth-order valence-electron chi connectivity index (χ4n) is 1.71. The van der Waals surface area contributed by atoms with Gasteiger partial charge in [0.25, 0.3) is 0 Å². The van der Waals surface area contributed by atoms with Gasteiger partial charge in [-0.1, -0.05) is 27.2 Å². The first kappa shape index (κ1) is 15.8. The van der Waals surface area contributed by atoms with Gasteiger partial charge in [0.15, 0.2) is 0 Å². The Bertz CT molecular complexity index is 211. The molecule has 0 spiro atoms. The molecule has 0 heterocycles. The summed E-state index contributed by atoms with van der Waals surface area (Å²) < 4.78 is 0. The first-order valence-electron chi connectivity index (χ1n) is 6.12. The molecule has 0 aliphatic carbocycles. The number of carbonyl (C=O) groups is 1. The van der Waals surface area contributed by atoms with Crippen molar-refractivity contribution in [2.75, 3.05) is 12.3 Å². The van der Waals surface area contributed by atoms with E-state index in [4.69, 9.17) is 5.73 Å². The predicted octanol–water partition coefficient (Wildman–Crippen LogP) is 2.15. The smallest absolute Gasteiger partial charge is 0.237 e. The van der Waals surface area contributed by atoms with Gasteiger partial charge in [-0.3, -0.25) is 4.79 Å². The maximum absolute atomic E-state index is 11.4. The summed E-state index contributed by atoms with van der Waals surface area (Å²) in [5, 5.41) is 3.65. The summed E-state index contributed by atoms with van der Waals surface area (Å²) >= 11 is 1.92. The zero-order valence-corrected chi connectivity index (χ0v) is 11.8. The van der Waals surface area contributed by atoms with Crippen LogP contribution >= 0.6 is 11.8 Å². The molecule has 96 valence electrons. The van der Waals surface area contributed by atoms with Gasteiger partial charge in [-0.05, 0) is 32.1 Å². The van der Waals surface area contributed by atoms with Crippen molar-refractivity contribution in [3.8, 4) is 0 Å². The van der Waals surface area contributed by atoms with Crippen LogP contribution in [0.2, 0.25) is 0 Å². The molecule has 0 saturated carbocycles. The van der Waals surface area contributed by atoms with E-state index in [1.807, 2.05) is 25.6 Å². The average molecular weight is 246 g/mol. The van der Waals surface area contributed by atoms with Gasteiger partial charge in [-0.25, -0.2) is 0 Å². The number of hydrogen-bond donors (Lipinski definition) is 2. The van der Waals surface area contributed by atoms with Crippen LogP contribution in [-0.4, -0.2) is 29.0 Å². The van der Waals surface area contributed by atoms with E-state index in [9.17, 15) is 4.79 Å². The summed E-state index contributed by atoms with van der Waals surface area (Å²) in [6.07, 6.45) is 3.26. The molecule has 0 aromatic heterocycles. The number of nitrogens with one attached hydrogen (secondary N) is 1. The lowest BCUT2D eigenvalue weighted by Gasteiger charge is -2.29. The van der Waals surface area contributed by atoms with Crippen LogP contribution in [0.25, 0.3) is 0 Å². The molecule has 0 saturated heterocycles.